The van der Waals surface area contributed by atoms with E-state index in [0.717, 1.165) is 0 Å². The second kappa shape index (κ2) is 6.39. The summed E-state index contributed by atoms with van der Waals surface area (Å²) in [5.74, 6) is 0.0630. The Morgan fingerprint density at radius 3 is 2.61 bits per heavy atom. The van der Waals surface area contributed by atoms with Crippen LogP contribution in [0.3, 0.4) is 0 Å². The Morgan fingerprint density at radius 2 is 2.06 bits per heavy atom. The average molecular weight is 247 g/mol. The summed E-state index contributed by atoms with van der Waals surface area (Å²) in [7, 11) is 0. The van der Waals surface area contributed by atoms with E-state index in [2.05, 4.69) is 15.2 Å². The van der Waals surface area contributed by atoms with Crippen molar-refractivity contribution in [3.05, 3.63) is 40.7 Å². The number of hydrogen-bond donors (Lipinski definition) is 0. The van der Waals surface area contributed by atoms with E-state index in [-0.39, 0.29) is 5.57 Å². The standard InChI is InChI=1S/C12H13N3O3/c1-8(12(16)15-17)9(2)14-10(3)18-11-5-4-6-13-7-11/h4-7H,1-3H3/b9-8+,14-10+. The number of amides is 1. The van der Waals surface area contributed by atoms with E-state index in [4.69, 9.17) is 4.74 Å². The minimum atomic E-state index is -0.828. The van der Waals surface area contributed by atoms with Crippen LogP contribution in [-0.2, 0) is 4.79 Å². The highest BCUT2D eigenvalue weighted by Crippen LogP contribution is 2.10. The summed E-state index contributed by atoms with van der Waals surface area (Å²) >= 11 is 0. The van der Waals surface area contributed by atoms with E-state index in [1.165, 1.54) is 6.92 Å². The Hall–Kier alpha value is -2.37. The first kappa shape index (κ1) is 13.7. The Labute approximate surface area is 104 Å². The first-order valence-corrected chi connectivity index (χ1v) is 5.23. The van der Waals surface area contributed by atoms with Gasteiger partial charge in [-0.15, -0.1) is 4.91 Å². The third-order valence-electron chi connectivity index (χ3n) is 2.17. The molecule has 1 rings (SSSR count). The fourth-order valence-electron chi connectivity index (χ4n) is 1.14. The van der Waals surface area contributed by atoms with Crippen LogP contribution in [0.4, 0.5) is 0 Å². The van der Waals surface area contributed by atoms with Crippen molar-refractivity contribution < 1.29 is 9.53 Å². The number of nitrogens with zero attached hydrogens (tertiary/aromatic N) is 3. The lowest BCUT2D eigenvalue weighted by molar-refractivity contribution is -0.114. The monoisotopic (exact) mass is 247 g/mol. The van der Waals surface area contributed by atoms with Gasteiger partial charge in [0.2, 0.25) is 0 Å². The maximum Gasteiger partial charge on any atom is 0.314 e. The van der Waals surface area contributed by atoms with Gasteiger partial charge >= 0.3 is 5.91 Å². The van der Waals surface area contributed by atoms with Crippen molar-refractivity contribution in [2.24, 2.45) is 10.2 Å². The maximum absolute atomic E-state index is 11.0. The molecular formula is C12H13N3O3. The second-order valence-corrected chi connectivity index (χ2v) is 3.53. The second-order valence-electron chi connectivity index (χ2n) is 3.53. The average Bonchev–Trinajstić information content (AvgIpc) is 2.37. The minimum Gasteiger partial charge on any atom is -0.442 e. The Morgan fingerprint density at radius 1 is 1.33 bits per heavy atom. The number of aliphatic imine (C=N–C) groups is 1. The van der Waals surface area contributed by atoms with Crippen LogP contribution < -0.4 is 4.74 Å². The lowest BCUT2D eigenvalue weighted by atomic mass is 10.2. The summed E-state index contributed by atoms with van der Waals surface area (Å²) < 4.78 is 5.38. The predicted octanol–water partition coefficient (Wildman–Crippen LogP) is 2.47. The largest absolute Gasteiger partial charge is 0.442 e. The van der Waals surface area contributed by atoms with Gasteiger partial charge in [0.1, 0.15) is 5.75 Å². The molecule has 18 heavy (non-hydrogen) atoms. The summed E-state index contributed by atoms with van der Waals surface area (Å²) in [5, 5.41) is 2.33. The van der Waals surface area contributed by atoms with Crippen LogP contribution in [0.1, 0.15) is 20.8 Å². The first-order chi connectivity index (χ1) is 8.54. The summed E-state index contributed by atoms with van der Waals surface area (Å²) in [6, 6.07) is 3.46. The zero-order chi connectivity index (χ0) is 13.5. The van der Waals surface area contributed by atoms with E-state index in [1.54, 1.807) is 38.4 Å². The Bertz CT molecular complexity index is 507. The van der Waals surface area contributed by atoms with Gasteiger partial charge in [-0.1, -0.05) is 0 Å². The molecule has 6 nitrogen and oxygen atoms in total. The molecule has 0 unspecified atom stereocenters. The molecule has 0 aliphatic carbocycles. The van der Waals surface area contributed by atoms with Crippen LogP contribution in [-0.4, -0.2) is 16.8 Å². The molecule has 0 bridgehead atoms. The van der Waals surface area contributed by atoms with Crippen molar-refractivity contribution in [2.75, 3.05) is 0 Å². The van der Waals surface area contributed by atoms with Crippen molar-refractivity contribution >= 4 is 11.8 Å². The van der Waals surface area contributed by atoms with Gasteiger partial charge < -0.3 is 4.74 Å². The highest BCUT2D eigenvalue weighted by Gasteiger charge is 2.07. The fourth-order valence-corrected chi connectivity index (χ4v) is 1.14. The number of ether oxygens (including phenoxy) is 1. The lowest BCUT2D eigenvalue weighted by Crippen LogP contribution is -2.05. The molecule has 0 saturated heterocycles. The predicted molar refractivity (Wildman–Crippen MR) is 67.2 cm³/mol. The first-order valence-electron chi connectivity index (χ1n) is 5.23. The molecule has 0 fully saturated rings. The molecule has 0 spiro atoms. The van der Waals surface area contributed by atoms with E-state index in [0.29, 0.717) is 17.3 Å². The number of allylic oxidation sites excluding steroid dienone is 1. The number of pyridine rings is 1. The van der Waals surface area contributed by atoms with Gasteiger partial charge in [0.05, 0.1) is 6.20 Å². The van der Waals surface area contributed by atoms with Gasteiger partial charge in [0, 0.05) is 29.6 Å². The third-order valence-corrected chi connectivity index (χ3v) is 2.17. The summed E-state index contributed by atoms with van der Waals surface area (Å²) in [5.41, 5.74) is 0.583. The molecule has 0 aliphatic rings. The Balaban J connectivity index is 2.84. The number of aromatic nitrogens is 1. The molecule has 0 saturated carbocycles. The van der Waals surface area contributed by atoms with Gasteiger partial charge in [-0.3, -0.25) is 9.78 Å². The number of carbonyl (C=O) groups excluding carboxylic acids is 1. The van der Waals surface area contributed by atoms with Crippen molar-refractivity contribution in [1.29, 1.82) is 0 Å². The van der Waals surface area contributed by atoms with Crippen molar-refractivity contribution in [3.8, 4) is 5.75 Å². The normalized spacial score (nSPS) is 12.7. The molecular weight excluding hydrogens is 234 g/mol. The summed E-state index contributed by atoms with van der Waals surface area (Å²) in [6.45, 7) is 4.73. The van der Waals surface area contributed by atoms with Crippen LogP contribution in [0.25, 0.3) is 0 Å². The number of nitroso groups, excluding NO2 is 1. The van der Waals surface area contributed by atoms with Gasteiger partial charge in [-0.05, 0) is 26.0 Å². The molecule has 0 aromatic carbocycles. The van der Waals surface area contributed by atoms with Crippen molar-refractivity contribution in [1.82, 2.24) is 4.98 Å². The lowest BCUT2D eigenvalue weighted by Gasteiger charge is -2.04. The number of rotatable bonds is 3. The number of carbonyl (C=O) groups is 1. The molecule has 0 N–H and O–H groups in total. The van der Waals surface area contributed by atoms with Crippen molar-refractivity contribution in [2.45, 2.75) is 20.8 Å². The number of hydrogen-bond acceptors (Lipinski definition) is 5. The van der Waals surface area contributed by atoms with Crippen molar-refractivity contribution in [3.63, 3.8) is 0 Å². The van der Waals surface area contributed by atoms with Crippen LogP contribution in [0.2, 0.25) is 0 Å². The highest BCUT2D eigenvalue weighted by molar-refractivity contribution is 5.94. The molecule has 1 amide bonds. The summed E-state index contributed by atoms with van der Waals surface area (Å²) in [6.07, 6.45) is 3.17. The maximum atomic E-state index is 11.0. The Kier molecular flexibility index (Phi) is 4.86. The quantitative estimate of drug-likeness (QED) is 0.355. The van der Waals surface area contributed by atoms with Crippen LogP contribution in [0, 0.1) is 4.91 Å². The van der Waals surface area contributed by atoms with Crippen LogP contribution in [0.5, 0.6) is 5.75 Å². The fraction of sp³-hybridized carbons (Fsp3) is 0.250. The third kappa shape index (κ3) is 3.89. The van der Waals surface area contributed by atoms with E-state index in [1.807, 2.05) is 0 Å². The smallest absolute Gasteiger partial charge is 0.314 e. The van der Waals surface area contributed by atoms with E-state index >= 15 is 0 Å². The van der Waals surface area contributed by atoms with Gasteiger partial charge in [0.25, 0.3) is 0 Å². The van der Waals surface area contributed by atoms with E-state index in [9.17, 15) is 9.70 Å². The van der Waals surface area contributed by atoms with Crippen LogP contribution >= 0.6 is 0 Å². The van der Waals surface area contributed by atoms with Gasteiger partial charge in [-0.25, -0.2) is 4.99 Å². The molecule has 1 aromatic heterocycles. The zero-order valence-electron chi connectivity index (χ0n) is 10.4. The topological polar surface area (TPSA) is 81.0 Å². The molecule has 0 atom stereocenters. The molecule has 1 heterocycles. The molecule has 0 radical (unpaired) electrons. The SMILES string of the molecule is C/C(=N\C(C)=C(/C)C(=O)N=O)Oc1cccnc1. The van der Waals surface area contributed by atoms with Gasteiger partial charge in [-0.2, -0.15) is 0 Å². The van der Waals surface area contributed by atoms with Gasteiger partial charge in [0.15, 0.2) is 5.90 Å². The minimum absolute atomic E-state index is 0.194. The van der Waals surface area contributed by atoms with Crippen LogP contribution in [0.15, 0.2) is 46.0 Å². The zero-order valence-corrected chi connectivity index (χ0v) is 10.4. The molecule has 6 heteroatoms. The summed E-state index contributed by atoms with van der Waals surface area (Å²) in [4.78, 5) is 29.1. The molecule has 94 valence electrons. The molecule has 0 aliphatic heterocycles. The molecule has 1 aromatic rings. The highest BCUT2D eigenvalue weighted by atomic mass is 16.5. The van der Waals surface area contributed by atoms with E-state index < -0.39 is 5.91 Å².